The van der Waals surface area contributed by atoms with Gasteiger partial charge in [-0.3, -0.25) is 9.59 Å². The summed E-state index contributed by atoms with van der Waals surface area (Å²) in [6, 6.07) is 6.47. The highest BCUT2D eigenvalue weighted by Gasteiger charge is 2.60. The number of hydrogen-bond donors (Lipinski definition) is 2. The number of anilines is 1. The van der Waals surface area contributed by atoms with Gasteiger partial charge >= 0.3 is 0 Å². The average molecular weight is 477 g/mol. The number of carbonyl (C=O) groups excluding carboxylic acids is 2. The number of benzene rings is 1. The first-order chi connectivity index (χ1) is 16.6. The summed E-state index contributed by atoms with van der Waals surface area (Å²) in [7, 11) is 0. The molecule has 6 atom stereocenters. The molecule has 3 aliphatic carbocycles. The van der Waals surface area contributed by atoms with Crippen molar-refractivity contribution in [2.24, 2.45) is 34.5 Å². The molecule has 2 saturated carbocycles. The first-order valence-electron chi connectivity index (χ1n) is 14.0. The summed E-state index contributed by atoms with van der Waals surface area (Å²) in [6.07, 6.45) is 7.90. The van der Waals surface area contributed by atoms with Gasteiger partial charge in [-0.05, 0) is 78.2 Å². The standard InChI is InChI=1S/C31H44N2O2/c1-18(2)21-8-7-9-22(19(3)4)28(21)33-29(35)26-11-10-24-23-17-32-27-16-20(34)12-14-31(27,6)25(23)13-15-30(24,26)5/h7-9,16,18-19,23-26,32H,10-15,17H2,1-6H3,(H,33,35)/t23-,24-,25-,26+,30-,31+/m0/s1. The van der Waals surface area contributed by atoms with Crippen LogP contribution in [0.5, 0.6) is 0 Å². The van der Waals surface area contributed by atoms with E-state index in [4.69, 9.17) is 0 Å². The van der Waals surface area contributed by atoms with Gasteiger partial charge in [0.15, 0.2) is 5.78 Å². The Morgan fingerprint density at radius 3 is 2.34 bits per heavy atom. The fourth-order valence-electron chi connectivity index (χ4n) is 8.48. The second-order valence-electron chi connectivity index (χ2n) is 13.0. The second kappa shape index (κ2) is 8.78. The highest BCUT2D eigenvalue weighted by Crippen LogP contribution is 2.64. The molecule has 0 radical (unpaired) electrons. The molecule has 5 rings (SSSR count). The number of piperidine rings is 1. The molecule has 190 valence electrons. The van der Waals surface area contributed by atoms with Crippen molar-refractivity contribution in [2.75, 3.05) is 11.9 Å². The molecule has 2 N–H and O–H groups in total. The van der Waals surface area contributed by atoms with Crippen LogP contribution in [-0.4, -0.2) is 18.2 Å². The highest BCUT2D eigenvalue weighted by atomic mass is 16.2. The van der Waals surface area contributed by atoms with E-state index < -0.39 is 0 Å². The third-order valence-corrected chi connectivity index (χ3v) is 10.5. The van der Waals surface area contributed by atoms with Crippen LogP contribution in [0.2, 0.25) is 0 Å². The molecule has 0 bridgehead atoms. The molecule has 1 heterocycles. The van der Waals surface area contributed by atoms with E-state index in [0.717, 1.165) is 44.3 Å². The Balaban J connectivity index is 1.40. The summed E-state index contributed by atoms with van der Waals surface area (Å²) in [6.45, 7) is 14.6. The Morgan fingerprint density at radius 2 is 1.69 bits per heavy atom. The zero-order valence-electron chi connectivity index (χ0n) is 22.5. The number of ketones is 1. The first kappa shape index (κ1) is 24.6. The number of rotatable bonds is 4. The van der Waals surface area contributed by atoms with E-state index in [1.165, 1.54) is 16.8 Å². The lowest BCUT2D eigenvalue weighted by atomic mass is 9.50. The maximum atomic E-state index is 13.9. The minimum absolute atomic E-state index is 0.0414. The lowest BCUT2D eigenvalue weighted by molar-refractivity contribution is -0.127. The number of amides is 1. The molecule has 1 aromatic rings. The van der Waals surface area contributed by atoms with E-state index in [9.17, 15) is 9.59 Å². The predicted octanol–water partition coefficient (Wildman–Crippen LogP) is 6.79. The first-order valence-corrected chi connectivity index (χ1v) is 14.0. The van der Waals surface area contributed by atoms with Crippen molar-refractivity contribution in [1.82, 2.24) is 5.32 Å². The molecule has 1 amide bonds. The summed E-state index contributed by atoms with van der Waals surface area (Å²) in [5.74, 6) is 3.03. The summed E-state index contributed by atoms with van der Waals surface area (Å²) in [4.78, 5) is 26.0. The SMILES string of the molecule is CC(C)c1cccc(C(C)C)c1NC(=O)[C@H]1CC[C@H]2[C@@H]3CNC4=CC(=O)CC[C@]4(C)[C@H]3CC[C@]12C. The third-order valence-electron chi connectivity index (χ3n) is 10.5. The van der Waals surface area contributed by atoms with Crippen LogP contribution in [0, 0.1) is 34.5 Å². The molecule has 3 fully saturated rings. The lowest BCUT2D eigenvalue weighted by Crippen LogP contribution is -2.57. The van der Waals surface area contributed by atoms with Crippen molar-refractivity contribution < 1.29 is 9.59 Å². The Bertz CT molecular complexity index is 1030. The van der Waals surface area contributed by atoms with Gasteiger partial charge < -0.3 is 10.6 Å². The van der Waals surface area contributed by atoms with Gasteiger partial charge in [0, 0.05) is 41.8 Å². The van der Waals surface area contributed by atoms with Gasteiger partial charge in [0.05, 0.1) is 0 Å². The number of para-hydroxylation sites is 1. The van der Waals surface area contributed by atoms with Crippen molar-refractivity contribution in [2.45, 2.75) is 91.9 Å². The molecular weight excluding hydrogens is 432 g/mol. The lowest BCUT2D eigenvalue weighted by Gasteiger charge is -2.58. The van der Waals surface area contributed by atoms with Crippen molar-refractivity contribution in [1.29, 1.82) is 0 Å². The average Bonchev–Trinajstić information content (AvgIpc) is 3.16. The van der Waals surface area contributed by atoms with E-state index >= 15 is 0 Å². The van der Waals surface area contributed by atoms with Gasteiger partial charge in [0.25, 0.3) is 0 Å². The molecule has 1 aliphatic heterocycles. The van der Waals surface area contributed by atoms with Crippen LogP contribution in [0.4, 0.5) is 5.69 Å². The topological polar surface area (TPSA) is 58.2 Å². The minimum Gasteiger partial charge on any atom is -0.387 e. The zero-order valence-corrected chi connectivity index (χ0v) is 22.5. The van der Waals surface area contributed by atoms with Crippen LogP contribution in [0.1, 0.15) is 103 Å². The van der Waals surface area contributed by atoms with Crippen molar-refractivity contribution in [3.63, 3.8) is 0 Å². The monoisotopic (exact) mass is 476 g/mol. The van der Waals surface area contributed by atoms with E-state index in [2.05, 4.69) is 70.4 Å². The molecule has 1 saturated heterocycles. The van der Waals surface area contributed by atoms with Crippen LogP contribution in [0.15, 0.2) is 30.0 Å². The fourth-order valence-corrected chi connectivity index (χ4v) is 8.48. The fraction of sp³-hybridized carbons (Fsp3) is 0.677. The van der Waals surface area contributed by atoms with Crippen LogP contribution in [0.3, 0.4) is 0 Å². The molecule has 0 unspecified atom stereocenters. The minimum atomic E-state index is 0.0414. The molecule has 0 spiro atoms. The van der Waals surface area contributed by atoms with Crippen LogP contribution in [0.25, 0.3) is 0 Å². The second-order valence-corrected chi connectivity index (χ2v) is 13.0. The van der Waals surface area contributed by atoms with Crippen molar-refractivity contribution >= 4 is 17.4 Å². The Morgan fingerprint density at radius 1 is 1.00 bits per heavy atom. The van der Waals surface area contributed by atoms with E-state index in [-0.39, 0.29) is 28.4 Å². The van der Waals surface area contributed by atoms with E-state index in [0.29, 0.717) is 36.0 Å². The summed E-state index contributed by atoms with van der Waals surface area (Å²) in [5, 5.41) is 7.15. The van der Waals surface area contributed by atoms with Crippen LogP contribution >= 0.6 is 0 Å². The molecule has 4 nitrogen and oxygen atoms in total. The number of fused-ring (bicyclic) bond motifs is 5. The zero-order chi connectivity index (χ0) is 25.1. The summed E-state index contributed by atoms with van der Waals surface area (Å²) >= 11 is 0. The molecule has 4 aliphatic rings. The number of nitrogens with one attached hydrogen (secondary N) is 2. The Kier molecular flexibility index (Phi) is 6.17. The van der Waals surface area contributed by atoms with E-state index in [1.807, 2.05) is 6.08 Å². The molecule has 4 heteroatoms. The quantitative estimate of drug-likeness (QED) is 0.503. The van der Waals surface area contributed by atoms with E-state index in [1.54, 1.807) is 0 Å². The van der Waals surface area contributed by atoms with Crippen LogP contribution < -0.4 is 10.6 Å². The molecular formula is C31H44N2O2. The third kappa shape index (κ3) is 3.86. The predicted molar refractivity (Wildman–Crippen MR) is 142 cm³/mol. The smallest absolute Gasteiger partial charge is 0.228 e. The van der Waals surface area contributed by atoms with Crippen LogP contribution in [-0.2, 0) is 9.59 Å². The van der Waals surface area contributed by atoms with Gasteiger partial charge in [0.2, 0.25) is 5.91 Å². The largest absolute Gasteiger partial charge is 0.387 e. The Hall–Kier alpha value is -2.10. The van der Waals surface area contributed by atoms with Gasteiger partial charge in [-0.15, -0.1) is 0 Å². The summed E-state index contributed by atoms with van der Waals surface area (Å²) < 4.78 is 0. The number of allylic oxidation sites excluding steroid dienone is 2. The normalized spacial score (nSPS) is 36.2. The maximum absolute atomic E-state index is 13.9. The summed E-state index contributed by atoms with van der Waals surface area (Å²) in [5.41, 5.74) is 4.84. The number of carbonyl (C=O) groups is 2. The maximum Gasteiger partial charge on any atom is 0.228 e. The van der Waals surface area contributed by atoms with Gasteiger partial charge in [-0.1, -0.05) is 59.7 Å². The van der Waals surface area contributed by atoms with Crippen molar-refractivity contribution in [3.05, 3.63) is 41.1 Å². The number of hydrogen-bond acceptors (Lipinski definition) is 3. The molecule has 0 aromatic heterocycles. The Labute approximate surface area is 211 Å². The van der Waals surface area contributed by atoms with Gasteiger partial charge in [0.1, 0.15) is 0 Å². The highest BCUT2D eigenvalue weighted by molar-refractivity contribution is 5.95. The van der Waals surface area contributed by atoms with Gasteiger partial charge in [-0.25, -0.2) is 0 Å². The molecule has 1 aromatic carbocycles. The van der Waals surface area contributed by atoms with Gasteiger partial charge in [-0.2, -0.15) is 0 Å². The van der Waals surface area contributed by atoms with Crippen molar-refractivity contribution in [3.8, 4) is 0 Å². The molecule has 35 heavy (non-hydrogen) atoms.